The number of likely N-dealkylation sites (tertiary alicyclic amines) is 1. The Hall–Kier alpha value is -2.24. The van der Waals surface area contributed by atoms with Crippen LogP contribution < -0.4 is 5.32 Å². The van der Waals surface area contributed by atoms with Crippen LogP contribution in [0.4, 0.5) is 4.39 Å². The van der Waals surface area contributed by atoms with E-state index in [1.54, 1.807) is 36.4 Å². The van der Waals surface area contributed by atoms with Gasteiger partial charge < -0.3 is 15.3 Å². The first-order chi connectivity index (χ1) is 12.6. The van der Waals surface area contributed by atoms with Crippen LogP contribution in [0.5, 0.6) is 0 Å². The van der Waals surface area contributed by atoms with Crippen LogP contribution in [0.3, 0.4) is 0 Å². The Morgan fingerprint density at radius 2 is 2.04 bits per heavy atom. The van der Waals surface area contributed by atoms with E-state index < -0.39 is 5.60 Å². The monoisotopic (exact) mass is 354 g/mol. The third kappa shape index (κ3) is 3.13. The Labute approximate surface area is 152 Å². The van der Waals surface area contributed by atoms with Crippen LogP contribution in [-0.4, -0.2) is 47.7 Å². The van der Waals surface area contributed by atoms with E-state index in [-0.39, 0.29) is 17.6 Å². The summed E-state index contributed by atoms with van der Waals surface area (Å²) in [6.45, 7) is 2.66. The first kappa shape index (κ1) is 17.2. The molecule has 2 heterocycles. The van der Waals surface area contributed by atoms with Crippen LogP contribution in [0.15, 0.2) is 48.5 Å². The maximum absolute atomic E-state index is 14.1. The highest BCUT2D eigenvalue weighted by atomic mass is 19.1. The number of nitrogens with one attached hydrogen (secondary N) is 1. The molecule has 0 spiro atoms. The van der Waals surface area contributed by atoms with Gasteiger partial charge in [0, 0.05) is 36.7 Å². The number of rotatable bonds is 2. The van der Waals surface area contributed by atoms with Crippen molar-refractivity contribution in [3.8, 4) is 11.1 Å². The predicted molar refractivity (Wildman–Crippen MR) is 98.3 cm³/mol. The molecule has 2 aromatic rings. The zero-order valence-electron chi connectivity index (χ0n) is 14.6. The molecule has 4 rings (SSSR count). The van der Waals surface area contributed by atoms with E-state index in [0.29, 0.717) is 36.2 Å². The second kappa shape index (κ2) is 6.82. The minimum absolute atomic E-state index is 0.0590. The third-order valence-electron chi connectivity index (χ3n) is 5.72. The van der Waals surface area contributed by atoms with Gasteiger partial charge in [-0.05, 0) is 43.1 Å². The first-order valence-corrected chi connectivity index (χ1v) is 9.14. The average molecular weight is 354 g/mol. The van der Waals surface area contributed by atoms with Gasteiger partial charge in [-0.25, -0.2) is 4.39 Å². The molecular formula is C21H23FN2O2. The second-order valence-corrected chi connectivity index (χ2v) is 7.32. The molecule has 1 amide bonds. The quantitative estimate of drug-likeness (QED) is 0.872. The van der Waals surface area contributed by atoms with Gasteiger partial charge in [-0.2, -0.15) is 0 Å². The molecule has 2 aliphatic heterocycles. The lowest BCUT2D eigenvalue weighted by molar-refractivity contribution is -0.0817. The van der Waals surface area contributed by atoms with Crippen molar-refractivity contribution in [2.75, 3.05) is 26.2 Å². The Balaban J connectivity index is 1.56. The molecule has 2 fully saturated rings. The summed E-state index contributed by atoms with van der Waals surface area (Å²) in [5.74, 6) is -0.298. The second-order valence-electron chi connectivity index (χ2n) is 7.32. The number of halogens is 1. The Morgan fingerprint density at radius 3 is 2.88 bits per heavy atom. The van der Waals surface area contributed by atoms with Crippen molar-refractivity contribution in [1.82, 2.24) is 10.2 Å². The summed E-state index contributed by atoms with van der Waals surface area (Å²) in [6.07, 6.45) is 1.35. The molecule has 2 N–H and O–H groups in total. The number of piperidine rings is 2. The van der Waals surface area contributed by atoms with Crippen molar-refractivity contribution in [1.29, 1.82) is 0 Å². The van der Waals surface area contributed by atoms with Gasteiger partial charge in [0.2, 0.25) is 0 Å². The largest absolute Gasteiger partial charge is 0.389 e. The number of carbonyl (C=O) groups excluding carboxylic acids is 1. The van der Waals surface area contributed by atoms with Crippen LogP contribution in [0, 0.1) is 11.7 Å². The minimum atomic E-state index is -0.656. The number of aliphatic hydroxyl groups is 1. The van der Waals surface area contributed by atoms with Gasteiger partial charge in [0.15, 0.2) is 0 Å². The molecule has 2 aromatic carbocycles. The zero-order chi connectivity index (χ0) is 18.1. The number of hydrogen-bond acceptors (Lipinski definition) is 3. The van der Waals surface area contributed by atoms with Crippen molar-refractivity contribution in [3.05, 3.63) is 59.9 Å². The minimum Gasteiger partial charge on any atom is -0.389 e. The van der Waals surface area contributed by atoms with Gasteiger partial charge in [0.25, 0.3) is 5.91 Å². The zero-order valence-corrected chi connectivity index (χ0v) is 14.6. The maximum atomic E-state index is 14.1. The highest BCUT2D eigenvalue weighted by molar-refractivity contribution is 5.95. The fourth-order valence-electron chi connectivity index (χ4n) is 4.11. The van der Waals surface area contributed by atoms with Crippen molar-refractivity contribution in [3.63, 3.8) is 0 Å². The summed E-state index contributed by atoms with van der Waals surface area (Å²) < 4.78 is 14.1. The normalized spacial score (nSPS) is 25.6. The Bertz CT molecular complexity index is 825. The molecule has 26 heavy (non-hydrogen) atoms. The molecule has 0 unspecified atom stereocenters. The summed E-state index contributed by atoms with van der Waals surface area (Å²) >= 11 is 0. The molecule has 0 aromatic heterocycles. The third-order valence-corrected chi connectivity index (χ3v) is 5.72. The Kier molecular flexibility index (Phi) is 4.51. The molecule has 5 heteroatoms. The van der Waals surface area contributed by atoms with Crippen molar-refractivity contribution in [2.45, 2.75) is 18.4 Å². The lowest BCUT2D eigenvalue weighted by atomic mass is 9.76. The van der Waals surface area contributed by atoms with E-state index in [0.717, 1.165) is 19.5 Å². The lowest BCUT2D eigenvalue weighted by Crippen LogP contribution is -2.59. The van der Waals surface area contributed by atoms with E-state index in [2.05, 4.69) is 5.32 Å². The lowest BCUT2D eigenvalue weighted by Gasteiger charge is -2.47. The molecule has 0 radical (unpaired) electrons. The molecular weight excluding hydrogens is 331 g/mol. The summed E-state index contributed by atoms with van der Waals surface area (Å²) in [4.78, 5) is 14.8. The van der Waals surface area contributed by atoms with Crippen molar-refractivity contribution >= 4 is 5.91 Å². The van der Waals surface area contributed by atoms with Crippen LogP contribution in [0.2, 0.25) is 0 Å². The van der Waals surface area contributed by atoms with E-state index in [4.69, 9.17) is 0 Å². The van der Waals surface area contributed by atoms with E-state index >= 15 is 0 Å². The summed E-state index contributed by atoms with van der Waals surface area (Å²) in [6, 6.07) is 13.7. The fourth-order valence-corrected chi connectivity index (χ4v) is 4.11. The number of fused-ring (bicyclic) bond motifs is 1. The predicted octanol–water partition coefficient (Wildman–Crippen LogP) is 2.68. The van der Waals surface area contributed by atoms with E-state index in [9.17, 15) is 14.3 Å². The molecule has 2 saturated heterocycles. The smallest absolute Gasteiger partial charge is 0.253 e. The highest BCUT2D eigenvalue weighted by Gasteiger charge is 2.43. The molecule has 0 bridgehead atoms. The summed E-state index contributed by atoms with van der Waals surface area (Å²) in [7, 11) is 0. The number of benzene rings is 2. The van der Waals surface area contributed by atoms with Gasteiger partial charge in [-0.15, -0.1) is 0 Å². The molecule has 2 atom stereocenters. The highest BCUT2D eigenvalue weighted by Crippen LogP contribution is 2.33. The molecule has 4 nitrogen and oxygen atoms in total. The summed E-state index contributed by atoms with van der Waals surface area (Å²) in [5.41, 5.74) is 1.09. The van der Waals surface area contributed by atoms with Gasteiger partial charge in [-0.3, -0.25) is 4.79 Å². The number of amides is 1. The number of carbonyl (C=O) groups is 1. The molecule has 136 valence electrons. The van der Waals surface area contributed by atoms with Crippen LogP contribution in [0.1, 0.15) is 23.2 Å². The number of hydrogen-bond donors (Lipinski definition) is 2. The van der Waals surface area contributed by atoms with Crippen LogP contribution in [0.25, 0.3) is 11.1 Å². The van der Waals surface area contributed by atoms with E-state index in [1.165, 1.54) is 6.07 Å². The van der Waals surface area contributed by atoms with Gasteiger partial charge in [-0.1, -0.05) is 30.3 Å². The van der Waals surface area contributed by atoms with Gasteiger partial charge in [0.05, 0.1) is 5.60 Å². The Morgan fingerprint density at radius 1 is 1.19 bits per heavy atom. The SMILES string of the molecule is O=C(c1cccc(-c2ccccc2F)c1)N1CC[C@@]2(O)CCNC[C@H]2C1. The molecule has 0 saturated carbocycles. The standard InChI is InChI=1S/C21H23FN2O2/c22-19-7-2-1-6-18(19)15-4-3-5-16(12-15)20(25)24-11-9-21(26)8-10-23-13-17(21)14-24/h1-7,12,17,23,26H,8-11,13-14H2/t17-,21-/m0/s1. The fraction of sp³-hybridized carbons (Fsp3) is 0.381. The van der Waals surface area contributed by atoms with Crippen LogP contribution >= 0.6 is 0 Å². The van der Waals surface area contributed by atoms with Gasteiger partial charge >= 0.3 is 0 Å². The molecule has 2 aliphatic rings. The topological polar surface area (TPSA) is 52.6 Å². The average Bonchev–Trinajstić information content (AvgIpc) is 2.67. The van der Waals surface area contributed by atoms with Crippen LogP contribution in [-0.2, 0) is 0 Å². The van der Waals surface area contributed by atoms with E-state index in [1.807, 2.05) is 11.0 Å². The van der Waals surface area contributed by atoms with Crippen molar-refractivity contribution < 1.29 is 14.3 Å². The maximum Gasteiger partial charge on any atom is 0.253 e. The summed E-state index contributed by atoms with van der Waals surface area (Å²) in [5, 5.41) is 14.1. The van der Waals surface area contributed by atoms with Gasteiger partial charge in [0.1, 0.15) is 5.82 Å². The number of nitrogens with zero attached hydrogens (tertiary/aromatic N) is 1. The van der Waals surface area contributed by atoms with Crippen molar-refractivity contribution in [2.24, 2.45) is 5.92 Å². The first-order valence-electron chi connectivity index (χ1n) is 9.14. The molecule has 0 aliphatic carbocycles.